The van der Waals surface area contributed by atoms with Gasteiger partial charge in [0.2, 0.25) is 0 Å². The second-order valence-electron chi connectivity index (χ2n) is 10.6. The summed E-state index contributed by atoms with van der Waals surface area (Å²) >= 11 is 0. The van der Waals surface area contributed by atoms with Gasteiger partial charge in [-0.15, -0.1) is 0 Å². The summed E-state index contributed by atoms with van der Waals surface area (Å²) in [7, 11) is -1.55. The molecule has 3 atom stereocenters. The maximum atomic E-state index is 12.9. The number of nitrogens with zero attached hydrogens (tertiary/aromatic N) is 2. The molecule has 0 aromatic rings. The molecule has 0 aromatic carbocycles. The SMILES string of the molecule is CC1(C)C(=O)C(C#N)=C[C@]2(C)C3=CC(=O)C(C#N)=C[C@]3(C[Si](C)(C)C)CC[C@@H]12. The van der Waals surface area contributed by atoms with Crippen LogP contribution in [-0.4, -0.2) is 19.6 Å². The third kappa shape index (κ3) is 2.85. The van der Waals surface area contributed by atoms with Crippen LogP contribution in [0.1, 0.15) is 33.6 Å². The first kappa shape index (κ1) is 20.5. The number of carbonyl (C=O) groups excluding carboxylic acids is 2. The van der Waals surface area contributed by atoms with Gasteiger partial charge in [-0.05, 0) is 36.5 Å². The number of fused-ring (bicyclic) bond motifs is 3. The van der Waals surface area contributed by atoms with Gasteiger partial charge in [0.15, 0.2) is 11.6 Å². The third-order valence-corrected chi connectivity index (χ3v) is 8.60. The van der Waals surface area contributed by atoms with E-state index in [9.17, 15) is 20.1 Å². The van der Waals surface area contributed by atoms with Gasteiger partial charge >= 0.3 is 0 Å². The molecule has 146 valence electrons. The van der Waals surface area contributed by atoms with Gasteiger partial charge in [-0.1, -0.05) is 52.6 Å². The minimum absolute atomic E-state index is 0.0236. The normalized spacial score (nSPS) is 34.1. The van der Waals surface area contributed by atoms with Crippen molar-refractivity contribution in [2.45, 2.75) is 59.3 Å². The van der Waals surface area contributed by atoms with Crippen molar-refractivity contribution >= 4 is 19.6 Å². The summed E-state index contributed by atoms with van der Waals surface area (Å²) in [5.41, 5.74) is -0.148. The van der Waals surface area contributed by atoms with Crippen molar-refractivity contribution in [1.29, 1.82) is 10.5 Å². The average molecular weight is 393 g/mol. The summed E-state index contributed by atoms with van der Waals surface area (Å²) < 4.78 is 0. The third-order valence-electron chi connectivity index (χ3n) is 6.91. The lowest BCUT2D eigenvalue weighted by Crippen LogP contribution is -2.54. The van der Waals surface area contributed by atoms with Gasteiger partial charge in [0, 0.05) is 24.3 Å². The fraction of sp³-hybridized carbons (Fsp3) is 0.565. The van der Waals surface area contributed by atoms with Gasteiger partial charge in [0.05, 0.1) is 11.1 Å². The molecule has 0 N–H and O–H groups in total. The highest BCUT2D eigenvalue weighted by atomic mass is 28.3. The lowest BCUT2D eigenvalue weighted by Gasteiger charge is -2.58. The van der Waals surface area contributed by atoms with Gasteiger partial charge in [0.25, 0.3) is 0 Å². The molecule has 5 heteroatoms. The number of allylic oxidation sites excluding steroid dienone is 6. The number of carbonyl (C=O) groups is 2. The van der Waals surface area contributed by atoms with Gasteiger partial charge in [-0.2, -0.15) is 10.5 Å². The van der Waals surface area contributed by atoms with Crippen LogP contribution in [0.15, 0.2) is 34.9 Å². The van der Waals surface area contributed by atoms with Crippen LogP contribution in [-0.2, 0) is 9.59 Å². The van der Waals surface area contributed by atoms with Crippen molar-refractivity contribution < 1.29 is 9.59 Å². The Morgan fingerprint density at radius 1 is 1.07 bits per heavy atom. The Morgan fingerprint density at radius 3 is 2.21 bits per heavy atom. The zero-order valence-corrected chi connectivity index (χ0v) is 18.6. The van der Waals surface area contributed by atoms with E-state index in [0.717, 1.165) is 24.5 Å². The van der Waals surface area contributed by atoms with Crippen LogP contribution in [0.25, 0.3) is 0 Å². The number of rotatable bonds is 2. The molecule has 0 radical (unpaired) electrons. The summed E-state index contributed by atoms with van der Waals surface area (Å²) in [6, 6.07) is 5.12. The first-order valence-electron chi connectivity index (χ1n) is 9.88. The van der Waals surface area contributed by atoms with Crippen molar-refractivity contribution in [3.05, 3.63) is 34.9 Å². The molecule has 1 saturated carbocycles. The minimum atomic E-state index is -1.55. The molecule has 0 aliphatic heterocycles. The van der Waals surface area contributed by atoms with E-state index in [2.05, 4.69) is 38.7 Å². The van der Waals surface area contributed by atoms with E-state index in [1.54, 1.807) is 6.08 Å². The number of Topliss-reactive ketones (excluding diaryl/α,β-unsaturated/α-hetero) is 1. The molecule has 0 heterocycles. The average Bonchev–Trinajstić information content (AvgIpc) is 2.57. The summed E-state index contributed by atoms with van der Waals surface area (Å²) in [4.78, 5) is 25.6. The molecule has 0 spiro atoms. The summed E-state index contributed by atoms with van der Waals surface area (Å²) in [6.45, 7) is 12.8. The lowest BCUT2D eigenvalue weighted by atomic mass is 9.45. The van der Waals surface area contributed by atoms with Crippen molar-refractivity contribution in [2.24, 2.45) is 22.2 Å². The summed E-state index contributed by atoms with van der Waals surface area (Å²) in [5.74, 6) is -0.339. The first-order chi connectivity index (χ1) is 12.8. The number of ketones is 2. The van der Waals surface area contributed by atoms with Crippen LogP contribution < -0.4 is 0 Å². The number of hydrogen-bond donors (Lipinski definition) is 0. The standard InChI is InChI=1S/C23H28N2O2Si/c1-21(2)18-7-8-23(14-28(4,5)6)11-15(12-24)17(26)9-19(23)22(18,3)10-16(13-25)20(21)27/h9-11,18H,7-8,14H2,1-6H3/t18-,22-,23-/m0/s1. The van der Waals surface area contributed by atoms with Crippen LogP contribution in [0.3, 0.4) is 0 Å². The van der Waals surface area contributed by atoms with E-state index >= 15 is 0 Å². The molecule has 28 heavy (non-hydrogen) atoms. The van der Waals surface area contributed by atoms with Crippen molar-refractivity contribution in [1.82, 2.24) is 0 Å². The van der Waals surface area contributed by atoms with Gasteiger partial charge in [0.1, 0.15) is 12.1 Å². The molecule has 0 bridgehead atoms. The van der Waals surface area contributed by atoms with E-state index in [-0.39, 0.29) is 34.0 Å². The predicted molar refractivity (Wildman–Crippen MR) is 111 cm³/mol. The largest absolute Gasteiger partial charge is 0.293 e. The van der Waals surface area contributed by atoms with E-state index < -0.39 is 18.9 Å². The quantitative estimate of drug-likeness (QED) is 0.635. The Hall–Kier alpha value is -2.24. The molecule has 0 amide bonds. The zero-order chi connectivity index (χ0) is 21.1. The zero-order valence-electron chi connectivity index (χ0n) is 17.6. The Labute approximate surface area is 168 Å². The number of hydrogen-bond acceptors (Lipinski definition) is 4. The molecule has 4 nitrogen and oxygen atoms in total. The molecular weight excluding hydrogens is 364 g/mol. The molecule has 0 aromatic heterocycles. The molecule has 1 fully saturated rings. The molecule has 3 aliphatic rings. The van der Waals surface area contributed by atoms with E-state index in [1.165, 1.54) is 0 Å². The van der Waals surface area contributed by atoms with E-state index in [4.69, 9.17) is 0 Å². The Bertz CT molecular complexity index is 949. The van der Waals surface area contributed by atoms with Crippen LogP contribution in [0.4, 0.5) is 0 Å². The van der Waals surface area contributed by atoms with E-state index in [1.807, 2.05) is 26.0 Å². The monoisotopic (exact) mass is 392 g/mol. The summed E-state index contributed by atoms with van der Waals surface area (Å²) in [5, 5.41) is 19.1. The van der Waals surface area contributed by atoms with E-state index in [0.29, 0.717) is 0 Å². The fourth-order valence-corrected chi connectivity index (χ4v) is 8.44. The van der Waals surface area contributed by atoms with Crippen molar-refractivity contribution in [3.63, 3.8) is 0 Å². The van der Waals surface area contributed by atoms with Crippen LogP contribution in [0, 0.1) is 44.8 Å². The second-order valence-corrected chi connectivity index (χ2v) is 16.1. The maximum absolute atomic E-state index is 12.9. The fourth-order valence-electron chi connectivity index (χ4n) is 6.08. The van der Waals surface area contributed by atoms with Gasteiger partial charge < -0.3 is 0 Å². The minimum Gasteiger partial charge on any atom is -0.293 e. The molecule has 3 rings (SSSR count). The molecular formula is C23H28N2O2Si. The maximum Gasteiger partial charge on any atom is 0.196 e. The summed E-state index contributed by atoms with van der Waals surface area (Å²) in [6.07, 6.45) is 7.04. The van der Waals surface area contributed by atoms with Gasteiger partial charge in [-0.3, -0.25) is 9.59 Å². The Balaban J connectivity index is 2.29. The number of nitriles is 2. The molecule has 0 saturated heterocycles. The van der Waals surface area contributed by atoms with Crippen LogP contribution >= 0.6 is 0 Å². The van der Waals surface area contributed by atoms with Crippen molar-refractivity contribution in [3.8, 4) is 12.1 Å². The predicted octanol–water partition coefficient (Wildman–Crippen LogP) is 4.75. The lowest BCUT2D eigenvalue weighted by molar-refractivity contribution is -0.130. The highest BCUT2D eigenvalue weighted by Gasteiger charge is 2.60. The second kappa shape index (κ2) is 6.13. The smallest absolute Gasteiger partial charge is 0.196 e. The van der Waals surface area contributed by atoms with Crippen molar-refractivity contribution in [2.75, 3.05) is 0 Å². The molecule has 0 unspecified atom stereocenters. The topological polar surface area (TPSA) is 81.7 Å². The highest BCUT2D eigenvalue weighted by molar-refractivity contribution is 6.76. The molecule has 3 aliphatic carbocycles. The highest BCUT2D eigenvalue weighted by Crippen LogP contribution is 2.65. The Kier molecular flexibility index (Phi) is 4.48. The van der Waals surface area contributed by atoms with Gasteiger partial charge in [-0.25, -0.2) is 0 Å². The first-order valence-corrected chi connectivity index (χ1v) is 13.6. The van der Waals surface area contributed by atoms with Crippen LogP contribution in [0.2, 0.25) is 25.7 Å². The Morgan fingerprint density at radius 2 is 1.68 bits per heavy atom. The van der Waals surface area contributed by atoms with Crippen LogP contribution in [0.5, 0.6) is 0 Å².